The lowest BCUT2D eigenvalue weighted by atomic mass is 10.2. The van der Waals surface area contributed by atoms with Gasteiger partial charge in [-0.3, -0.25) is 15.0 Å². The highest BCUT2D eigenvalue weighted by Crippen LogP contribution is 2.27. The second-order valence-corrected chi connectivity index (χ2v) is 5.60. The number of anilines is 1. The molecule has 1 amide bonds. The third-order valence-corrected chi connectivity index (χ3v) is 3.69. The Balaban J connectivity index is 1.77. The first-order valence-corrected chi connectivity index (χ1v) is 7.95. The van der Waals surface area contributed by atoms with Gasteiger partial charge in [0, 0.05) is 11.8 Å². The van der Waals surface area contributed by atoms with E-state index in [0.29, 0.717) is 11.6 Å². The average Bonchev–Trinajstić information content (AvgIpc) is 3.03. The predicted octanol–water partition coefficient (Wildman–Crippen LogP) is 1.87. The van der Waals surface area contributed by atoms with Gasteiger partial charge in [0.15, 0.2) is 6.23 Å². The Bertz CT molecular complexity index is 824. The number of nitrogens with one attached hydrogen (secondary N) is 2. The van der Waals surface area contributed by atoms with Crippen LogP contribution in [0.25, 0.3) is 0 Å². The standard InChI is InChI=1S/C18H18N4O4/c1-12-16(20-17(26-12)13-7-3-2-4-8-13)18(25)22(11-15(23)24)21-14-9-5-6-10-19-14/h2-10,17,20H,11H2,1H3,(H,19,21)(H,23,24). The zero-order valence-electron chi connectivity index (χ0n) is 14.0. The van der Waals surface area contributed by atoms with E-state index in [1.165, 1.54) is 0 Å². The van der Waals surface area contributed by atoms with Crippen LogP contribution >= 0.6 is 0 Å². The maximum absolute atomic E-state index is 12.8. The van der Waals surface area contributed by atoms with Crippen molar-refractivity contribution in [3.8, 4) is 0 Å². The van der Waals surface area contributed by atoms with Crippen molar-refractivity contribution < 1.29 is 19.4 Å². The molecular weight excluding hydrogens is 336 g/mol. The summed E-state index contributed by atoms with van der Waals surface area (Å²) in [6.07, 6.45) is 1.04. The molecule has 1 aliphatic rings. The third-order valence-electron chi connectivity index (χ3n) is 3.69. The van der Waals surface area contributed by atoms with Crippen LogP contribution in [0.1, 0.15) is 18.7 Å². The van der Waals surface area contributed by atoms with E-state index in [2.05, 4.69) is 15.7 Å². The summed E-state index contributed by atoms with van der Waals surface area (Å²) in [5.41, 5.74) is 3.78. The number of aliphatic carboxylic acids is 1. The van der Waals surface area contributed by atoms with Gasteiger partial charge < -0.3 is 15.2 Å². The molecule has 0 saturated carbocycles. The minimum atomic E-state index is -1.15. The summed E-state index contributed by atoms with van der Waals surface area (Å²) in [4.78, 5) is 28.1. The van der Waals surface area contributed by atoms with Gasteiger partial charge in [0.05, 0.1) is 0 Å². The smallest absolute Gasteiger partial charge is 0.325 e. The lowest BCUT2D eigenvalue weighted by Crippen LogP contribution is -2.43. The highest BCUT2D eigenvalue weighted by molar-refractivity contribution is 5.96. The van der Waals surface area contributed by atoms with Crippen molar-refractivity contribution in [2.45, 2.75) is 13.2 Å². The van der Waals surface area contributed by atoms with Crippen LogP contribution < -0.4 is 10.7 Å². The molecule has 0 radical (unpaired) electrons. The number of allylic oxidation sites excluding steroid dienone is 1. The topological polar surface area (TPSA) is 104 Å². The monoisotopic (exact) mass is 354 g/mol. The lowest BCUT2D eigenvalue weighted by molar-refractivity contribution is -0.142. The van der Waals surface area contributed by atoms with Crippen molar-refractivity contribution in [3.05, 3.63) is 71.7 Å². The Hall–Kier alpha value is -3.55. The van der Waals surface area contributed by atoms with Crippen molar-refractivity contribution in [2.24, 2.45) is 0 Å². The van der Waals surface area contributed by atoms with Gasteiger partial charge in [0.25, 0.3) is 5.91 Å². The van der Waals surface area contributed by atoms with Crippen LogP contribution in [0.4, 0.5) is 5.82 Å². The molecule has 0 spiro atoms. The quantitative estimate of drug-likeness (QED) is 0.680. The molecule has 2 heterocycles. The molecule has 2 aromatic rings. The minimum absolute atomic E-state index is 0.198. The number of ether oxygens (including phenoxy) is 1. The van der Waals surface area contributed by atoms with E-state index in [1.807, 2.05) is 30.3 Å². The molecule has 0 fully saturated rings. The van der Waals surface area contributed by atoms with E-state index in [1.54, 1.807) is 31.3 Å². The number of hydrogen-bond donors (Lipinski definition) is 3. The Morgan fingerprint density at radius 2 is 1.96 bits per heavy atom. The van der Waals surface area contributed by atoms with Crippen LogP contribution in [0.15, 0.2) is 66.2 Å². The molecule has 0 saturated heterocycles. The van der Waals surface area contributed by atoms with Crippen molar-refractivity contribution in [3.63, 3.8) is 0 Å². The highest BCUT2D eigenvalue weighted by atomic mass is 16.5. The second-order valence-electron chi connectivity index (χ2n) is 5.60. The van der Waals surface area contributed by atoms with Crippen LogP contribution in [-0.2, 0) is 14.3 Å². The lowest BCUT2D eigenvalue weighted by Gasteiger charge is -2.22. The number of amides is 1. The van der Waals surface area contributed by atoms with Gasteiger partial charge in [0.1, 0.15) is 23.8 Å². The van der Waals surface area contributed by atoms with Crippen LogP contribution in [0.2, 0.25) is 0 Å². The van der Waals surface area contributed by atoms with Gasteiger partial charge in [-0.1, -0.05) is 36.4 Å². The fraction of sp³-hybridized carbons (Fsp3) is 0.167. The first-order valence-electron chi connectivity index (χ1n) is 7.95. The Morgan fingerprint density at radius 1 is 1.23 bits per heavy atom. The minimum Gasteiger partial charge on any atom is -0.480 e. The van der Waals surface area contributed by atoms with E-state index in [4.69, 9.17) is 9.84 Å². The Morgan fingerprint density at radius 3 is 2.62 bits per heavy atom. The number of rotatable bonds is 6. The summed E-state index contributed by atoms with van der Waals surface area (Å²) < 4.78 is 5.72. The molecule has 0 aliphatic carbocycles. The van der Waals surface area contributed by atoms with Crippen molar-refractivity contribution in [1.29, 1.82) is 0 Å². The Kier molecular flexibility index (Phi) is 5.02. The zero-order chi connectivity index (χ0) is 18.5. The van der Waals surface area contributed by atoms with E-state index in [0.717, 1.165) is 10.6 Å². The molecule has 1 aromatic heterocycles. The largest absolute Gasteiger partial charge is 0.480 e. The van der Waals surface area contributed by atoms with Crippen molar-refractivity contribution in [1.82, 2.24) is 15.3 Å². The number of pyridine rings is 1. The number of nitrogens with zero attached hydrogens (tertiary/aromatic N) is 2. The molecular formula is C18H18N4O4. The zero-order valence-corrected chi connectivity index (χ0v) is 14.0. The summed E-state index contributed by atoms with van der Waals surface area (Å²) in [5, 5.41) is 13.1. The predicted molar refractivity (Wildman–Crippen MR) is 93.3 cm³/mol. The molecule has 1 aromatic carbocycles. The van der Waals surface area contributed by atoms with Gasteiger partial charge in [0.2, 0.25) is 0 Å². The van der Waals surface area contributed by atoms with E-state index in [9.17, 15) is 9.59 Å². The van der Waals surface area contributed by atoms with Gasteiger partial charge in [-0.15, -0.1) is 0 Å². The Labute approximate surface area is 150 Å². The van der Waals surface area contributed by atoms with E-state index < -0.39 is 24.6 Å². The molecule has 8 nitrogen and oxygen atoms in total. The number of carboxylic acid groups (broad SMARTS) is 1. The van der Waals surface area contributed by atoms with Crippen molar-refractivity contribution >= 4 is 17.7 Å². The maximum atomic E-state index is 12.8. The number of benzene rings is 1. The number of hydrazine groups is 1. The number of carbonyl (C=O) groups is 2. The van der Waals surface area contributed by atoms with Crippen molar-refractivity contribution in [2.75, 3.05) is 12.0 Å². The molecule has 3 rings (SSSR count). The first kappa shape index (κ1) is 17.3. The number of aromatic nitrogens is 1. The molecule has 26 heavy (non-hydrogen) atoms. The number of carboxylic acids is 1. The second kappa shape index (κ2) is 7.56. The van der Waals surface area contributed by atoms with Gasteiger partial charge in [-0.25, -0.2) is 9.99 Å². The molecule has 1 unspecified atom stereocenters. The summed E-state index contributed by atoms with van der Waals surface area (Å²) in [6, 6.07) is 14.5. The van der Waals surface area contributed by atoms with Crippen LogP contribution in [0, 0.1) is 0 Å². The summed E-state index contributed by atoms with van der Waals surface area (Å²) in [6.45, 7) is 1.12. The fourth-order valence-corrected chi connectivity index (χ4v) is 2.49. The molecule has 0 bridgehead atoms. The number of carbonyl (C=O) groups excluding carboxylic acids is 1. The average molecular weight is 354 g/mol. The summed E-state index contributed by atoms with van der Waals surface area (Å²) in [7, 11) is 0. The third kappa shape index (κ3) is 3.92. The molecule has 134 valence electrons. The van der Waals surface area contributed by atoms with Gasteiger partial charge >= 0.3 is 5.97 Å². The first-order chi connectivity index (χ1) is 12.5. The summed E-state index contributed by atoms with van der Waals surface area (Å²) >= 11 is 0. The van der Waals surface area contributed by atoms with Crippen LogP contribution in [0.3, 0.4) is 0 Å². The van der Waals surface area contributed by atoms with Crippen LogP contribution in [0.5, 0.6) is 0 Å². The van der Waals surface area contributed by atoms with E-state index in [-0.39, 0.29) is 5.70 Å². The maximum Gasteiger partial charge on any atom is 0.325 e. The summed E-state index contributed by atoms with van der Waals surface area (Å²) in [5.74, 6) is -0.950. The molecule has 8 heteroatoms. The number of hydrogen-bond acceptors (Lipinski definition) is 6. The van der Waals surface area contributed by atoms with E-state index >= 15 is 0 Å². The molecule has 1 aliphatic heterocycles. The van der Waals surface area contributed by atoms with Crippen LogP contribution in [-0.4, -0.2) is 33.5 Å². The van der Waals surface area contributed by atoms with Gasteiger partial charge in [-0.05, 0) is 19.1 Å². The highest BCUT2D eigenvalue weighted by Gasteiger charge is 2.32. The SMILES string of the molecule is CC1=C(C(=O)N(CC(=O)O)Nc2ccccn2)NC(c2ccccc2)O1. The normalized spacial score (nSPS) is 15.8. The van der Waals surface area contributed by atoms with Gasteiger partial charge in [-0.2, -0.15) is 0 Å². The molecule has 1 atom stereocenters. The molecule has 3 N–H and O–H groups in total. The fourth-order valence-electron chi connectivity index (χ4n) is 2.49.